The van der Waals surface area contributed by atoms with Crippen molar-refractivity contribution in [2.75, 3.05) is 6.54 Å². The molecule has 0 aliphatic heterocycles. The second-order valence-corrected chi connectivity index (χ2v) is 3.35. The molecule has 2 nitrogen and oxygen atoms in total. The summed E-state index contributed by atoms with van der Waals surface area (Å²) in [5.41, 5.74) is 2.51. The zero-order valence-electron chi connectivity index (χ0n) is 8.51. The van der Waals surface area contributed by atoms with E-state index < -0.39 is 0 Å². The molecule has 0 aliphatic carbocycles. The predicted octanol–water partition coefficient (Wildman–Crippen LogP) is 2.17. The van der Waals surface area contributed by atoms with Gasteiger partial charge in [0, 0.05) is 31.5 Å². The van der Waals surface area contributed by atoms with Crippen LogP contribution in [-0.4, -0.2) is 11.1 Å². The number of hydrogen-bond donors (Lipinski definition) is 1. The van der Waals surface area contributed by atoms with E-state index in [4.69, 9.17) is 0 Å². The highest BCUT2D eigenvalue weighted by Crippen LogP contribution is 2.01. The van der Waals surface area contributed by atoms with Gasteiger partial charge in [-0.05, 0) is 26.0 Å². The summed E-state index contributed by atoms with van der Waals surface area (Å²) in [4.78, 5) is 0. The Morgan fingerprint density at radius 3 is 3.00 bits per heavy atom. The molecule has 0 unspecified atom stereocenters. The van der Waals surface area contributed by atoms with Crippen LogP contribution in [0.15, 0.2) is 30.5 Å². The molecule has 13 heavy (non-hydrogen) atoms. The van der Waals surface area contributed by atoms with Crippen molar-refractivity contribution >= 4 is 0 Å². The summed E-state index contributed by atoms with van der Waals surface area (Å²) < 4.78 is 2.24. The fourth-order valence-electron chi connectivity index (χ4n) is 1.32. The lowest BCUT2D eigenvalue weighted by molar-refractivity contribution is 0.652. The lowest BCUT2D eigenvalue weighted by Crippen LogP contribution is -2.17. The van der Waals surface area contributed by atoms with Crippen LogP contribution in [0, 0.1) is 0 Å². The zero-order chi connectivity index (χ0) is 9.68. The summed E-state index contributed by atoms with van der Waals surface area (Å²) in [6.07, 6.45) is 2.11. The monoisotopic (exact) mass is 178 g/mol. The molecule has 1 aromatic heterocycles. The first-order chi connectivity index (χ1) is 6.24. The number of aryl methyl sites for hydroxylation is 1. The summed E-state index contributed by atoms with van der Waals surface area (Å²) in [6.45, 7) is 10.9. The Morgan fingerprint density at radius 2 is 2.38 bits per heavy atom. The third-order valence-electron chi connectivity index (χ3n) is 2.00. The van der Waals surface area contributed by atoms with Gasteiger partial charge in [-0.25, -0.2) is 0 Å². The lowest BCUT2D eigenvalue weighted by atomic mass is 10.3. The van der Waals surface area contributed by atoms with E-state index in [1.807, 2.05) is 6.92 Å². The van der Waals surface area contributed by atoms with Crippen molar-refractivity contribution < 1.29 is 0 Å². The van der Waals surface area contributed by atoms with Crippen molar-refractivity contribution in [3.05, 3.63) is 36.2 Å². The smallest absolute Gasteiger partial charge is 0.0362 e. The maximum atomic E-state index is 3.85. The van der Waals surface area contributed by atoms with Gasteiger partial charge in [0.2, 0.25) is 0 Å². The highest BCUT2D eigenvalue weighted by molar-refractivity contribution is 5.07. The van der Waals surface area contributed by atoms with Crippen molar-refractivity contribution in [1.29, 1.82) is 0 Å². The Kier molecular flexibility index (Phi) is 3.77. The summed E-state index contributed by atoms with van der Waals surface area (Å²) in [6, 6.07) is 4.23. The average Bonchev–Trinajstić information content (AvgIpc) is 2.51. The van der Waals surface area contributed by atoms with E-state index >= 15 is 0 Å². The lowest BCUT2D eigenvalue weighted by Gasteiger charge is -2.07. The fraction of sp³-hybridized carbons (Fsp3) is 0.455. The van der Waals surface area contributed by atoms with E-state index in [0.29, 0.717) is 0 Å². The molecule has 0 aromatic carbocycles. The minimum absolute atomic E-state index is 0.898. The van der Waals surface area contributed by atoms with Crippen LogP contribution in [0.3, 0.4) is 0 Å². The quantitative estimate of drug-likeness (QED) is 0.684. The van der Waals surface area contributed by atoms with Crippen molar-refractivity contribution in [2.24, 2.45) is 0 Å². The molecule has 0 aliphatic rings. The average molecular weight is 178 g/mol. The second-order valence-electron chi connectivity index (χ2n) is 3.35. The molecule has 1 N–H and O–H groups in total. The van der Waals surface area contributed by atoms with Crippen molar-refractivity contribution in [2.45, 2.75) is 26.9 Å². The first-order valence-electron chi connectivity index (χ1n) is 4.73. The molecule has 0 amide bonds. The minimum Gasteiger partial charge on any atom is -0.351 e. The number of nitrogens with zero attached hydrogens (tertiary/aromatic N) is 1. The van der Waals surface area contributed by atoms with Crippen molar-refractivity contribution in [3.8, 4) is 0 Å². The molecule has 0 radical (unpaired) electrons. The van der Waals surface area contributed by atoms with E-state index in [9.17, 15) is 0 Å². The van der Waals surface area contributed by atoms with Crippen LogP contribution in [0.4, 0.5) is 0 Å². The molecule has 0 spiro atoms. The Balaban J connectivity index is 2.40. The molecule has 0 bridgehead atoms. The second kappa shape index (κ2) is 4.87. The van der Waals surface area contributed by atoms with Gasteiger partial charge in [0.05, 0.1) is 0 Å². The van der Waals surface area contributed by atoms with Crippen LogP contribution >= 0.6 is 0 Å². The summed E-state index contributed by atoms with van der Waals surface area (Å²) in [5, 5.41) is 3.34. The topological polar surface area (TPSA) is 17.0 Å². The number of hydrogen-bond acceptors (Lipinski definition) is 1. The van der Waals surface area contributed by atoms with Gasteiger partial charge in [-0.15, -0.1) is 0 Å². The standard InChI is InChI=1S/C11H18N2/c1-4-13-7-5-6-11(13)9-12-8-10(2)3/h5-7,12H,2,4,8-9H2,1,3H3. The van der Waals surface area contributed by atoms with E-state index in [-0.39, 0.29) is 0 Å². The molecular weight excluding hydrogens is 160 g/mol. The minimum atomic E-state index is 0.898. The van der Waals surface area contributed by atoms with Gasteiger partial charge in [0.25, 0.3) is 0 Å². The molecule has 2 heteroatoms. The van der Waals surface area contributed by atoms with Crippen LogP contribution < -0.4 is 5.32 Å². The van der Waals surface area contributed by atoms with Gasteiger partial charge in [-0.3, -0.25) is 0 Å². The third kappa shape index (κ3) is 3.07. The van der Waals surface area contributed by atoms with Crippen LogP contribution in [0.25, 0.3) is 0 Å². The molecule has 1 heterocycles. The van der Waals surface area contributed by atoms with E-state index in [0.717, 1.165) is 19.6 Å². The summed E-state index contributed by atoms with van der Waals surface area (Å²) in [5.74, 6) is 0. The Bertz CT molecular complexity index is 273. The maximum Gasteiger partial charge on any atom is 0.0362 e. The molecule has 0 saturated heterocycles. The summed E-state index contributed by atoms with van der Waals surface area (Å²) in [7, 11) is 0. The highest BCUT2D eigenvalue weighted by Gasteiger charge is 1.97. The first-order valence-corrected chi connectivity index (χ1v) is 4.73. The third-order valence-corrected chi connectivity index (χ3v) is 2.00. The van der Waals surface area contributed by atoms with Crippen molar-refractivity contribution in [3.63, 3.8) is 0 Å². The number of rotatable bonds is 5. The Morgan fingerprint density at radius 1 is 1.62 bits per heavy atom. The molecule has 0 atom stereocenters. The van der Waals surface area contributed by atoms with Gasteiger partial charge in [0.1, 0.15) is 0 Å². The zero-order valence-corrected chi connectivity index (χ0v) is 8.51. The van der Waals surface area contributed by atoms with Gasteiger partial charge >= 0.3 is 0 Å². The van der Waals surface area contributed by atoms with Gasteiger partial charge < -0.3 is 9.88 Å². The van der Waals surface area contributed by atoms with Crippen LogP contribution in [-0.2, 0) is 13.1 Å². The molecule has 1 rings (SSSR count). The molecular formula is C11H18N2. The Labute approximate surface area is 80.3 Å². The van der Waals surface area contributed by atoms with E-state index in [1.165, 1.54) is 11.3 Å². The number of aromatic nitrogens is 1. The van der Waals surface area contributed by atoms with E-state index in [1.54, 1.807) is 0 Å². The molecule has 72 valence electrons. The van der Waals surface area contributed by atoms with Gasteiger partial charge in [0.15, 0.2) is 0 Å². The largest absolute Gasteiger partial charge is 0.351 e. The van der Waals surface area contributed by atoms with E-state index in [2.05, 4.69) is 41.7 Å². The first kappa shape index (κ1) is 10.1. The number of nitrogens with one attached hydrogen (secondary N) is 1. The molecule has 0 fully saturated rings. The highest BCUT2D eigenvalue weighted by atomic mass is 15.0. The van der Waals surface area contributed by atoms with Crippen LogP contribution in [0.1, 0.15) is 19.5 Å². The maximum absolute atomic E-state index is 3.85. The SMILES string of the molecule is C=C(C)CNCc1cccn1CC. The molecule has 0 saturated carbocycles. The van der Waals surface area contributed by atoms with Gasteiger partial charge in [-0.1, -0.05) is 12.2 Å². The predicted molar refractivity (Wildman–Crippen MR) is 56.6 cm³/mol. The fourth-order valence-corrected chi connectivity index (χ4v) is 1.32. The van der Waals surface area contributed by atoms with Crippen molar-refractivity contribution in [1.82, 2.24) is 9.88 Å². The normalized spacial score (nSPS) is 10.3. The van der Waals surface area contributed by atoms with Crippen LogP contribution in [0.5, 0.6) is 0 Å². The summed E-state index contributed by atoms with van der Waals surface area (Å²) >= 11 is 0. The molecule has 1 aromatic rings. The van der Waals surface area contributed by atoms with Gasteiger partial charge in [-0.2, -0.15) is 0 Å². The van der Waals surface area contributed by atoms with Crippen LogP contribution in [0.2, 0.25) is 0 Å². The Hall–Kier alpha value is -1.02.